The van der Waals surface area contributed by atoms with Gasteiger partial charge in [0, 0.05) is 35.1 Å². The predicted molar refractivity (Wildman–Crippen MR) is 133 cm³/mol. The molecule has 1 aromatic carbocycles. The van der Waals surface area contributed by atoms with Crippen molar-refractivity contribution >= 4 is 40.4 Å². The van der Waals surface area contributed by atoms with Gasteiger partial charge in [-0.3, -0.25) is 4.98 Å². The highest BCUT2D eigenvalue weighted by Gasteiger charge is 2.39. The summed E-state index contributed by atoms with van der Waals surface area (Å²) in [5, 5.41) is 10.7. The van der Waals surface area contributed by atoms with E-state index in [0.717, 1.165) is 0 Å². The molecule has 8 nitrogen and oxygen atoms in total. The molecule has 3 rings (SSSR count). The van der Waals surface area contributed by atoms with Crippen LogP contribution in [0.25, 0.3) is 21.9 Å². The Balaban J connectivity index is 2.06. The fraction of sp³-hybridized carbons (Fsp3) is 0.360. The second kappa shape index (κ2) is 9.30. The predicted octanol–water partition coefficient (Wildman–Crippen LogP) is 6.22. The Morgan fingerprint density at radius 2 is 1.80 bits per heavy atom. The average molecular weight is 503 g/mol. The summed E-state index contributed by atoms with van der Waals surface area (Å²) < 4.78 is 20.6. The first kappa shape index (κ1) is 26.2. The highest BCUT2D eigenvalue weighted by molar-refractivity contribution is 6.36. The van der Waals surface area contributed by atoms with Gasteiger partial charge in [0.2, 0.25) is 0 Å². The van der Waals surface area contributed by atoms with Crippen LogP contribution in [0.2, 0.25) is 5.02 Å². The Labute approximate surface area is 207 Å². The molecule has 2 aromatic heterocycles. The normalized spacial score (nSPS) is 12.0. The minimum absolute atomic E-state index is 0.0860. The highest BCUT2D eigenvalue weighted by atomic mass is 35.5. The number of carbonyl (C=O) groups excluding carboxylic acids is 1. The van der Waals surface area contributed by atoms with Crippen molar-refractivity contribution in [1.29, 1.82) is 0 Å². The van der Waals surface area contributed by atoms with Crippen molar-refractivity contribution in [3.05, 3.63) is 52.7 Å². The number of anilines is 1. The van der Waals surface area contributed by atoms with Gasteiger partial charge in [0.05, 0.1) is 10.6 Å². The number of ether oxygens (including phenoxy) is 1. The number of fused-ring (bicyclic) bond motifs is 1. The maximum Gasteiger partial charge on any atom is 0.420 e. The third kappa shape index (κ3) is 5.45. The highest BCUT2D eigenvalue weighted by Crippen LogP contribution is 2.37. The molecule has 2 amide bonds. The number of aromatic nitrogens is 2. The van der Waals surface area contributed by atoms with Crippen molar-refractivity contribution in [2.24, 2.45) is 0 Å². The smallest absolute Gasteiger partial charge is 0.420 e. The van der Waals surface area contributed by atoms with Crippen LogP contribution in [0.4, 0.5) is 19.8 Å². The zero-order chi connectivity index (χ0) is 26.3. The molecule has 0 fully saturated rings. The number of nitrogen functional groups attached to an aromatic ring is 1. The molecule has 0 saturated heterocycles. The largest absolute Gasteiger partial charge is 0.465 e. The maximum atomic E-state index is 15.3. The molecule has 0 unspecified atom stereocenters. The number of carboxylic acid groups (broad SMARTS) is 1. The minimum Gasteiger partial charge on any atom is -0.465 e. The van der Waals surface area contributed by atoms with E-state index in [-0.39, 0.29) is 22.8 Å². The molecule has 3 aromatic rings. The molecular formula is C25H28ClFN4O4. The molecule has 0 aliphatic heterocycles. The summed E-state index contributed by atoms with van der Waals surface area (Å²) in [5.41, 5.74) is 5.72. The lowest BCUT2D eigenvalue weighted by Gasteiger charge is -2.36. The van der Waals surface area contributed by atoms with E-state index >= 15 is 4.39 Å². The van der Waals surface area contributed by atoms with Gasteiger partial charge >= 0.3 is 12.2 Å². The van der Waals surface area contributed by atoms with Crippen molar-refractivity contribution in [3.8, 4) is 11.1 Å². The molecule has 0 aliphatic rings. The van der Waals surface area contributed by atoms with E-state index in [4.69, 9.17) is 22.1 Å². The molecule has 0 radical (unpaired) electrons. The Bertz CT molecular complexity index is 1320. The van der Waals surface area contributed by atoms with Crippen LogP contribution in [0.15, 0.2) is 30.7 Å². The van der Waals surface area contributed by atoms with E-state index in [0.29, 0.717) is 32.4 Å². The van der Waals surface area contributed by atoms with Gasteiger partial charge in [0.15, 0.2) is 0 Å². The first-order valence-electron chi connectivity index (χ1n) is 10.9. The maximum absolute atomic E-state index is 15.3. The van der Waals surface area contributed by atoms with E-state index in [1.807, 2.05) is 0 Å². The number of hydrogen-bond donors (Lipinski definition) is 2. The Morgan fingerprint density at radius 3 is 2.40 bits per heavy atom. The standard InChI is InChI=1S/C25H28ClFN4O4/c1-13-15(9-25(5,6)31(22(32)33)23(34)35-24(2,3)4)10-29-11-17(13)16-7-14-8-19(28)30-12-18(14)20(26)21(16)27/h7-8,10-12H,9H2,1-6H3,(H2,28,30)(H,32,33). The van der Waals surface area contributed by atoms with Gasteiger partial charge in [-0.1, -0.05) is 11.6 Å². The molecule has 0 spiro atoms. The molecule has 2 heterocycles. The van der Waals surface area contributed by atoms with Crippen LogP contribution >= 0.6 is 11.6 Å². The third-order valence-electron chi connectivity index (χ3n) is 5.53. The van der Waals surface area contributed by atoms with Crippen molar-refractivity contribution in [2.75, 3.05) is 5.73 Å². The fourth-order valence-corrected chi connectivity index (χ4v) is 4.16. The summed E-state index contributed by atoms with van der Waals surface area (Å²) in [6.45, 7) is 9.97. The Hall–Kier alpha value is -3.46. The van der Waals surface area contributed by atoms with Crippen molar-refractivity contribution in [3.63, 3.8) is 0 Å². The van der Waals surface area contributed by atoms with Crippen LogP contribution in [0.5, 0.6) is 0 Å². The van der Waals surface area contributed by atoms with E-state index < -0.39 is 29.1 Å². The van der Waals surface area contributed by atoms with Crippen LogP contribution < -0.4 is 5.73 Å². The number of hydrogen-bond acceptors (Lipinski definition) is 6. The molecular weight excluding hydrogens is 475 g/mol. The third-order valence-corrected chi connectivity index (χ3v) is 5.90. The number of carbonyl (C=O) groups is 2. The summed E-state index contributed by atoms with van der Waals surface area (Å²) in [7, 11) is 0. The summed E-state index contributed by atoms with van der Waals surface area (Å²) in [6, 6.07) is 3.23. The monoisotopic (exact) mass is 502 g/mol. The minimum atomic E-state index is -1.44. The number of amides is 2. The summed E-state index contributed by atoms with van der Waals surface area (Å²) in [6.07, 6.45) is 2.20. The number of halogens is 2. The average Bonchev–Trinajstić information content (AvgIpc) is 2.70. The van der Waals surface area contributed by atoms with Gasteiger partial charge in [-0.05, 0) is 76.6 Å². The van der Waals surface area contributed by atoms with E-state index in [2.05, 4.69) is 9.97 Å². The van der Waals surface area contributed by atoms with Crippen LogP contribution in [0.1, 0.15) is 45.7 Å². The lowest BCUT2D eigenvalue weighted by atomic mass is 9.89. The van der Waals surface area contributed by atoms with Crippen molar-refractivity contribution < 1.29 is 23.8 Å². The Kier molecular flexibility index (Phi) is 6.95. The van der Waals surface area contributed by atoms with Crippen LogP contribution in [0.3, 0.4) is 0 Å². The first-order valence-corrected chi connectivity index (χ1v) is 11.2. The molecule has 0 atom stereocenters. The molecule has 3 N–H and O–H groups in total. The number of benzene rings is 1. The Morgan fingerprint density at radius 1 is 1.14 bits per heavy atom. The topological polar surface area (TPSA) is 119 Å². The summed E-state index contributed by atoms with van der Waals surface area (Å²) >= 11 is 6.30. The molecule has 186 valence electrons. The van der Waals surface area contributed by atoms with E-state index in [9.17, 15) is 14.7 Å². The second-order valence-electron chi connectivity index (χ2n) is 9.94. The fourth-order valence-electron chi connectivity index (χ4n) is 3.90. The van der Waals surface area contributed by atoms with Gasteiger partial charge in [-0.15, -0.1) is 0 Å². The van der Waals surface area contributed by atoms with Crippen LogP contribution in [-0.4, -0.2) is 43.3 Å². The van der Waals surface area contributed by atoms with Crippen LogP contribution in [0, 0.1) is 12.7 Å². The van der Waals surface area contributed by atoms with Gasteiger partial charge in [-0.25, -0.2) is 23.9 Å². The quantitative estimate of drug-likeness (QED) is 0.434. The van der Waals surface area contributed by atoms with Crippen molar-refractivity contribution in [1.82, 2.24) is 14.9 Å². The lowest BCUT2D eigenvalue weighted by molar-refractivity contribution is 0.00793. The van der Waals surface area contributed by atoms with Gasteiger partial charge in [0.1, 0.15) is 17.2 Å². The molecule has 0 saturated carbocycles. The molecule has 10 heteroatoms. The van der Waals surface area contributed by atoms with Gasteiger partial charge in [-0.2, -0.15) is 0 Å². The molecule has 0 bridgehead atoms. The first-order chi connectivity index (χ1) is 16.1. The number of nitrogens with two attached hydrogens (primary N) is 1. The van der Waals surface area contributed by atoms with E-state index in [1.165, 1.54) is 12.4 Å². The second-order valence-corrected chi connectivity index (χ2v) is 10.3. The number of pyridine rings is 2. The van der Waals surface area contributed by atoms with Gasteiger partial charge < -0.3 is 15.6 Å². The SMILES string of the molecule is Cc1c(CC(C)(C)N(C(=O)O)C(=O)OC(C)(C)C)cncc1-c1cc2cc(N)ncc2c(Cl)c1F. The van der Waals surface area contributed by atoms with E-state index in [1.54, 1.807) is 59.9 Å². The zero-order valence-electron chi connectivity index (χ0n) is 20.4. The van der Waals surface area contributed by atoms with Crippen LogP contribution in [-0.2, 0) is 11.2 Å². The number of imide groups is 1. The molecule has 35 heavy (non-hydrogen) atoms. The lowest BCUT2D eigenvalue weighted by Crippen LogP contribution is -2.53. The number of nitrogens with zero attached hydrogens (tertiary/aromatic N) is 3. The van der Waals surface area contributed by atoms with Crippen molar-refractivity contribution in [2.45, 2.75) is 59.1 Å². The summed E-state index contributed by atoms with van der Waals surface area (Å²) in [5.74, 6) is -0.361. The zero-order valence-corrected chi connectivity index (χ0v) is 21.2. The number of rotatable bonds is 4. The van der Waals surface area contributed by atoms with Gasteiger partial charge in [0.25, 0.3) is 0 Å². The summed E-state index contributed by atoms with van der Waals surface area (Å²) in [4.78, 5) is 33.6. The molecule has 0 aliphatic carbocycles.